The lowest BCUT2D eigenvalue weighted by atomic mass is 10.0. The number of alkyl halides is 3. The molecule has 1 heterocycles. The van der Waals surface area contributed by atoms with Crippen LogP contribution >= 0.6 is 27.3 Å². The molecule has 2 aromatic rings. The Balaban J connectivity index is 2.37. The van der Waals surface area contributed by atoms with Crippen molar-refractivity contribution in [1.29, 1.82) is 0 Å². The molecule has 1 unspecified atom stereocenters. The third-order valence-corrected chi connectivity index (χ3v) is 5.00. The topological polar surface area (TPSA) is 26.0 Å². The zero-order valence-corrected chi connectivity index (χ0v) is 13.1. The van der Waals surface area contributed by atoms with Crippen molar-refractivity contribution in [2.75, 3.05) is 0 Å². The van der Waals surface area contributed by atoms with E-state index in [0.717, 1.165) is 17.4 Å². The number of nitrogens with two attached hydrogens (primary N) is 1. The van der Waals surface area contributed by atoms with Gasteiger partial charge in [-0.15, -0.1) is 11.3 Å². The summed E-state index contributed by atoms with van der Waals surface area (Å²) in [6.45, 7) is 2.03. The maximum Gasteiger partial charge on any atom is 0.417 e. The SMILES string of the molecule is CCc1ccc(C(N)c2ccc(Br)c(C(F)(F)F)c2)s1. The van der Waals surface area contributed by atoms with Crippen molar-refractivity contribution in [3.63, 3.8) is 0 Å². The molecule has 0 radical (unpaired) electrons. The average Bonchev–Trinajstić information content (AvgIpc) is 2.86. The van der Waals surface area contributed by atoms with Crippen LogP contribution in [-0.2, 0) is 12.6 Å². The minimum Gasteiger partial charge on any atom is -0.320 e. The van der Waals surface area contributed by atoms with Gasteiger partial charge in [0.1, 0.15) is 0 Å². The molecule has 0 fully saturated rings. The van der Waals surface area contributed by atoms with E-state index in [1.54, 1.807) is 6.07 Å². The van der Waals surface area contributed by atoms with Crippen LogP contribution < -0.4 is 5.73 Å². The first-order valence-electron chi connectivity index (χ1n) is 6.03. The number of hydrogen-bond acceptors (Lipinski definition) is 2. The monoisotopic (exact) mass is 363 g/mol. The first-order chi connectivity index (χ1) is 9.32. The van der Waals surface area contributed by atoms with Gasteiger partial charge in [-0.3, -0.25) is 0 Å². The molecule has 2 rings (SSSR count). The smallest absolute Gasteiger partial charge is 0.320 e. The number of halogens is 4. The van der Waals surface area contributed by atoms with Crippen LogP contribution in [0.3, 0.4) is 0 Å². The Bertz CT molecular complexity index is 607. The minimum atomic E-state index is -4.39. The van der Waals surface area contributed by atoms with Gasteiger partial charge in [-0.1, -0.05) is 28.9 Å². The molecule has 2 N–H and O–H groups in total. The van der Waals surface area contributed by atoms with Gasteiger partial charge in [0.15, 0.2) is 0 Å². The highest BCUT2D eigenvalue weighted by Gasteiger charge is 2.33. The van der Waals surface area contributed by atoms with Crippen LogP contribution in [0.15, 0.2) is 34.8 Å². The molecule has 0 spiro atoms. The summed E-state index contributed by atoms with van der Waals surface area (Å²) in [6, 6.07) is 7.43. The van der Waals surface area contributed by atoms with Crippen LogP contribution in [0.5, 0.6) is 0 Å². The second-order valence-corrected chi connectivity index (χ2v) is 6.43. The lowest BCUT2D eigenvalue weighted by Crippen LogP contribution is -2.13. The highest BCUT2D eigenvalue weighted by atomic mass is 79.9. The van der Waals surface area contributed by atoms with Crippen LogP contribution in [0.1, 0.15) is 33.8 Å². The van der Waals surface area contributed by atoms with Crippen molar-refractivity contribution in [2.45, 2.75) is 25.6 Å². The van der Waals surface area contributed by atoms with Gasteiger partial charge in [-0.2, -0.15) is 13.2 Å². The maximum atomic E-state index is 12.9. The molecule has 6 heteroatoms. The summed E-state index contributed by atoms with van der Waals surface area (Å²) in [5, 5.41) is 0. The van der Waals surface area contributed by atoms with Crippen molar-refractivity contribution in [2.24, 2.45) is 5.73 Å². The predicted molar refractivity (Wildman–Crippen MR) is 78.9 cm³/mol. The van der Waals surface area contributed by atoms with Crippen molar-refractivity contribution in [3.8, 4) is 0 Å². The first kappa shape index (κ1) is 15.5. The van der Waals surface area contributed by atoms with Gasteiger partial charge >= 0.3 is 6.18 Å². The van der Waals surface area contributed by atoms with Crippen molar-refractivity contribution < 1.29 is 13.2 Å². The zero-order valence-electron chi connectivity index (χ0n) is 10.7. The van der Waals surface area contributed by atoms with Crippen LogP contribution in [-0.4, -0.2) is 0 Å². The standard InChI is InChI=1S/C14H13BrF3NS/c1-2-9-4-6-12(20-9)13(19)8-3-5-11(15)10(7-8)14(16,17)18/h3-7,13H,2,19H2,1H3. The highest BCUT2D eigenvalue weighted by molar-refractivity contribution is 9.10. The number of thiophene rings is 1. The summed E-state index contributed by atoms with van der Waals surface area (Å²) in [4.78, 5) is 2.04. The normalized spacial score (nSPS) is 13.5. The molecule has 0 aliphatic rings. The average molecular weight is 364 g/mol. The molecule has 0 saturated heterocycles. The van der Waals surface area contributed by atoms with E-state index in [4.69, 9.17) is 5.73 Å². The lowest BCUT2D eigenvalue weighted by molar-refractivity contribution is -0.138. The third kappa shape index (κ3) is 3.24. The summed E-state index contributed by atoms with van der Waals surface area (Å²) in [5.74, 6) is 0. The molecule has 1 nitrogen and oxygen atoms in total. The Kier molecular flexibility index (Phi) is 4.56. The molecule has 0 aliphatic carbocycles. The minimum absolute atomic E-state index is 0.0291. The fourth-order valence-corrected chi connectivity index (χ4v) is 3.32. The van der Waals surface area contributed by atoms with E-state index < -0.39 is 17.8 Å². The number of hydrogen-bond donors (Lipinski definition) is 1. The maximum absolute atomic E-state index is 12.9. The Labute approximate surface area is 127 Å². The second-order valence-electron chi connectivity index (χ2n) is 4.37. The third-order valence-electron chi connectivity index (χ3n) is 2.99. The molecule has 0 saturated carbocycles. The zero-order chi connectivity index (χ0) is 14.9. The molecular weight excluding hydrogens is 351 g/mol. The predicted octanol–water partition coefficient (Wildman–Crippen LogP) is 5.14. The van der Waals surface area contributed by atoms with Crippen molar-refractivity contribution >= 4 is 27.3 Å². The summed E-state index contributed by atoms with van der Waals surface area (Å²) >= 11 is 4.46. The Morgan fingerprint density at radius 3 is 2.50 bits per heavy atom. The molecule has 1 aromatic heterocycles. The van der Waals surface area contributed by atoms with Gasteiger partial charge in [0.05, 0.1) is 11.6 Å². The van der Waals surface area contributed by atoms with E-state index >= 15 is 0 Å². The molecule has 1 atom stereocenters. The number of aryl methyl sites for hydroxylation is 1. The van der Waals surface area contributed by atoms with Crippen LogP contribution in [0.4, 0.5) is 13.2 Å². The van der Waals surface area contributed by atoms with Crippen molar-refractivity contribution in [3.05, 3.63) is 55.7 Å². The van der Waals surface area contributed by atoms with E-state index in [0.29, 0.717) is 5.56 Å². The van der Waals surface area contributed by atoms with Crippen LogP contribution in [0.25, 0.3) is 0 Å². The molecule has 20 heavy (non-hydrogen) atoms. The van der Waals surface area contributed by atoms with Crippen molar-refractivity contribution in [1.82, 2.24) is 0 Å². The summed E-state index contributed by atoms with van der Waals surface area (Å²) in [5.41, 5.74) is 5.84. The van der Waals surface area contributed by atoms with Gasteiger partial charge in [0.2, 0.25) is 0 Å². The fraction of sp³-hybridized carbons (Fsp3) is 0.286. The van der Waals surface area contributed by atoms with E-state index in [1.807, 2.05) is 19.1 Å². The molecular formula is C14H13BrF3NS. The van der Waals surface area contributed by atoms with Gasteiger partial charge in [-0.25, -0.2) is 0 Å². The quantitative estimate of drug-likeness (QED) is 0.802. The summed E-state index contributed by atoms with van der Waals surface area (Å²) < 4.78 is 38.7. The van der Waals surface area contributed by atoms with Crippen LogP contribution in [0, 0.1) is 0 Å². The molecule has 0 aliphatic heterocycles. The Morgan fingerprint density at radius 2 is 1.95 bits per heavy atom. The molecule has 1 aromatic carbocycles. The summed E-state index contributed by atoms with van der Waals surface area (Å²) in [7, 11) is 0. The van der Waals surface area contributed by atoms with Gasteiger partial charge in [-0.05, 0) is 36.2 Å². The van der Waals surface area contributed by atoms with E-state index in [9.17, 15) is 13.2 Å². The molecule has 0 bridgehead atoms. The first-order valence-corrected chi connectivity index (χ1v) is 7.64. The Morgan fingerprint density at radius 1 is 1.25 bits per heavy atom. The van der Waals surface area contributed by atoms with E-state index in [-0.39, 0.29) is 4.47 Å². The molecule has 0 amide bonds. The van der Waals surface area contributed by atoms with E-state index in [2.05, 4.69) is 15.9 Å². The Hall–Kier alpha value is -0.850. The number of benzene rings is 1. The van der Waals surface area contributed by atoms with Gasteiger partial charge in [0, 0.05) is 14.2 Å². The highest BCUT2D eigenvalue weighted by Crippen LogP contribution is 2.37. The largest absolute Gasteiger partial charge is 0.417 e. The van der Waals surface area contributed by atoms with Crippen LogP contribution in [0.2, 0.25) is 0 Å². The number of rotatable bonds is 3. The van der Waals surface area contributed by atoms with Gasteiger partial charge < -0.3 is 5.73 Å². The summed E-state index contributed by atoms with van der Waals surface area (Å²) in [6.07, 6.45) is -3.50. The van der Waals surface area contributed by atoms with E-state index in [1.165, 1.54) is 22.3 Å². The second kappa shape index (κ2) is 5.87. The molecule has 108 valence electrons. The van der Waals surface area contributed by atoms with Gasteiger partial charge in [0.25, 0.3) is 0 Å². The fourth-order valence-electron chi connectivity index (χ4n) is 1.87. The lowest BCUT2D eigenvalue weighted by Gasteiger charge is -2.15.